The van der Waals surface area contributed by atoms with Crippen LogP contribution in [0.25, 0.3) is 5.69 Å². The Kier molecular flexibility index (Phi) is 5.12. The Morgan fingerprint density at radius 3 is 2.71 bits per heavy atom. The van der Waals surface area contributed by atoms with Crippen molar-refractivity contribution in [2.24, 2.45) is 0 Å². The molecule has 1 aromatic heterocycles. The maximum absolute atomic E-state index is 12.5. The summed E-state index contributed by atoms with van der Waals surface area (Å²) in [5.41, 5.74) is -0.576. The molecule has 9 nitrogen and oxygen atoms in total. The molecular formula is C15H19N5O4. The highest BCUT2D eigenvalue weighted by atomic mass is 16.5. The van der Waals surface area contributed by atoms with E-state index in [4.69, 9.17) is 4.74 Å². The van der Waals surface area contributed by atoms with E-state index in [1.165, 1.54) is 25.0 Å². The third-order valence-electron chi connectivity index (χ3n) is 3.65. The van der Waals surface area contributed by atoms with Crippen LogP contribution in [0.5, 0.6) is 5.75 Å². The molecule has 2 aromatic rings. The van der Waals surface area contributed by atoms with Crippen LogP contribution in [0.15, 0.2) is 24.5 Å². The number of carboxylic acid groups (broad SMARTS) is 1. The van der Waals surface area contributed by atoms with E-state index < -0.39 is 17.4 Å². The number of methoxy groups -OCH3 is 1. The predicted molar refractivity (Wildman–Crippen MR) is 84.1 cm³/mol. The Hall–Kier alpha value is -2.97. The van der Waals surface area contributed by atoms with Crippen LogP contribution in [-0.4, -0.2) is 49.8 Å². The maximum Gasteiger partial charge on any atom is 0.329 e. The zero-order valence-electron chi connectivity index (χ0n) is 13.7. The zero-order valence-corrected chi connectivity index (χ0v) is 13.7. The summed E-state index contributed by atoms with van der Waals surface area (Å²) < 4.78 is 6.60. The number of aliphatic carboxylic acids is 1. The molecule has 2 rings (SSSR count). The summed E-state index contributed by atoms with van der Waals surface area (Å²) in [5.74, 6) is -1.09. The molecule has 2 N–H and O–H groups in total. The van der Waals surface area contributed by atoms with Gasteiger partial charge in [0.05, 0.1) is 7.11 Å². The van der Waals surface area contributed by atoms with E-state index in [1.807, 2.05) is 6.92 Å². The lowest BCUT2D eigenvalue weighted by Gasteiger charge is -2.26. The van der Waals surface area contributed by atoms with E-state index in [0.717, 1.165) is 0 Å². The number of ether oxygens (including phenoxy) is 1. The number of aromatic nitrogens is 4. The van der Waals surface area contributed by atoms with Gasteiger partial charge in [-0.05, 0) is 42.0 Å². The van der Waals surface area contributed by atoms with Gasteiger partial charge in [-0.25, -0.2) is 4.79 Å². The van der Waals surface area contributed by atoms with Gasteiger partial charge in [0, 0.05) is 5.56 Å². The summed E-state index contributed by atoms with van der Waals surface area (Å²) in [4.78, 5) is 24.0. The van der Waals surface area contributed by atoms with Crippen molar-refractivity contribution in [1.29, 1.82) is 0 Å². The minimum absolute atomic E-state index is 0.282. The number of rotatable bonds is 7. The molecule has 128 valence electrons. The lowest BCUT2D eigenvalue weighted by Crippen LogP contribution is -2.52. The number of nitrogens with one attached hydrogen (secondary N) is 1. The standard InChI is InChI=1S/C15H19N5O4/c1-4-7-15(2,14(22)23)17-13(21)10-5-6-12(24-3)11(8-10)20-9-16-18-19-20/h5-6,8-9H,4,7H2,1-3H3,(H,17,21)(H,22,23). The van der Waals surface area contributed by atoms with E-state index in [2.05, 4.69) is 20.8 Å². The van der Waals surface area contributed by atoms with Gasteiger partial charge in [-0.1, -0.05) is 13.3 Å². The molecular weight excluding hydrogens is 314 g/mol. The molecule has 9 heteroatoms. The molecule has 0 spiro atoms. The van der Waals surface area contributed by atoms with E-state index in [1.54, 1.807) is 18.2 Å². The Morgan fingerprint density at radius 2 is 2.17 bits per heavy atom. The van der Waals surface area contributed by atoms with Crippen LogP contribution < -0.4 is 10.1 Å². The summed E-state index contributed by atoms with van der Waals surface area (Å²) in [6, 6.07) is 4.69. The fraction of sp³-hybridized carbons (Fsp3) is 0.400. The molecule has 0 bridgehead atoms. The van der Waals surface area contributed by atoms with Gasteiger partial charge in [0.1, 0.15) is 23.3 Å². The number of benzene rings is 1. The molecule has 0 aliphatic rings. The number of hydrogen-bond donors (Lipinski definition) is 2. The molecule has 24 heavy (non-hydrogen) atoms. The zero-order chi connectivity index (χ0) is 17.7. The largest absolute Gasteiger partial charge is 0.494 e. The summed E-state index contributed by atoms with van der Waals surface area (Å²) in [6.07, 6.45) is 2.32. The molecule has 1 unspecified atom stereocenters. The molecule has 0 saturated carbocycles. The van der Waals surface area contributed by atoms with Crippen molar-refractivity contribution in [3.8, 4) is 11.4 Å². The van der Waals surface area contributed by atoms with Gasteiger partial charge in [0.25, 0.3) is 5.91 Å². The first-order valence-electron chi connectivity index (χ1n) is 7.38. The van der Waals surface area contributed by atoms with Crippen LogP contribution in [0.1, 0.15) is 37.0 Å². The maximum atomic E-state index is 12.5. The Bertz CT molecular complexity index is 731. The Morgan fingerprint density at radius 1 is 1.42 bits per heavy atom. The van der Waals surface area contributed by atoms with Crippen LogP contribution in [0.4, 0.5) is 0 Å². The smallest absolute Gasteiger partial charge is 0.329 e. The van der Waals surface area contributed by atoms with Crippen molar-refractivity contribution in [1.82, 2.24) is 25.5 Å². The number of hydrogen-bond acceptors (Lipinski definition) is 6. The highest BCUT2D eigenvalue weighted by Crippen LogP contribution is 2.23. The van der Waals surface area contributed by atoms with Crippen LogP contribution in [-0.2, 0) is 4.79 Å². The average Bonchev–Trinajstić information content (AvgIpc) is 3.08. The minimum Gasteiger partial charge on any atom is -0.494 e. The van der Waals surface area contributed by atoms with Crippen molar-refractivity contribution in [3.05, 3.63) is 30.1 Å². The molecule has 1 heterocycles. The van der Waals surface area contributed by atoms with Crippen LogP contribution in [0.3, 0.4) is 0 Å². The number of carbonyl (C=O) groups is 2. The first kappa shape index (κ1) is 17.4. The van der Waals surface area contributed by atoms with Gasteiger partial charge in [-0.2, -0.15) is 4.68 Å². The monoisotopic (exact) mass is 333 g/mol. The normalized spacial score (nSPS) is 13.1. The van der Waals surface area contributed by atoms with Crippen molar-refractivity contribution >= 4 is 11.9 Å². The average molecular weight is 333 g/mol. The fourth-order valence-corrected chi connectivity index (χ4v) is 2.33. The van der Waals surface area contributed by atoms with Crippen molar-refractivity contribution in [2.45, 2.75) is 32.2 Å². The van der Waals surface area contributed by atoms with Crippen LogP contribution >= 0.6 is 0 Å². The van der Waals surface area contributed by atoms with Crippen LogP contribution in [0, 0.1) is 0 Å². The lowest BCUT2D eigenvalue weighted by atomic mass is 9.95. The second-order valence-electron chi connectivity index (χ2n) is 5.48. The molecule has 0 aliphatic heterocycles. The summed E-state index contributed by atoms with van der Waals surface area (Å²) in [6.45, 7) is 3.35. The van der Waals surface area contributed by atoms with Crippen molar-refractivity contribution in [2.75, 3.05) is 7.11 Å². The van der Waals surface area contributed by atoms with E-state index >= 15 is 0 Å². The fourth-order valence-electron chi connectivity index (χ4n) is 2.33. The van der Waals surface area contributed by atoms with Crippen molar-refractivity contribution < 1.29 is 19.4 Å². The van der Waals surface area contributed by atoms with Gasteiger partial charge in [0.15, 0.2) is 0 Å². The summed E-state index contributed by atoms with van der Waals surface area (Å²) in [5, 5.41) is 22.8. The SMILES string of the molecule is CCCC(C)(NC(=O)c1ccc(OC)c(-n2cnnn2)c1)C(=O)O. The Balaban J connectivity index is 2.33. The first-order valence-corrected chi connectivity index (χ1v) is 7.38. The van der Waals surface area contributed by atoms with Gasteiger partial charge in [0.2, 0.25) is 0 Å². The van der Waals surface area contributed by atoms with Gasteiger partial charge >= 0.3 is 5.97 Å². The highest BCUT2D eigenvalue weighted by molar-refractivity contribution is 5.98. The summed E-state index contributed by atoms with van der Waals surface area (Å²) >= 11 is 0. The molecule has 0 radical (unpaired) electrons. The van der Waals surface area contributed by atoms with E-state index in [9.17, 15) is 14.7 Å². The number of tetrazole rings is 1. The molecule has 1 aromatic carbocycles. The number of nitrogens with zero attached hydrogens (tertiary/aromatic N) is 4. The Labute approximate surface area is 138 Å². The summed E-state index contributed by atoms with van der Waals surface area (Å²) in [7, 11) is 1.49. The van der Waals surface area contributed by atoms with Crippen LogP contribution in [0.2, 0.25) is 0 Å². The molecule has 0 fully saturated rings. The molecule has 0 saturated heterocycles. The number of carbonyl (C=O) groups excluding carboxylic acids is 1. The third kappa shape index (κ3) is 3.50. The topological polar surface area (TPSA) is 119 Å². The number of amides is 1. The predicted octanol–water partition coefficient (Wildman–Crippen LogP) is 1.04. The van der Waals surface area contributed by atoms with E-state index in [-0.39, 0.29) is 5.56 Å². The highest BCUT2D eigenvalue weighted by Gasteiger charge is 2.34. The molecule has 0 aliphatic carbocycles. The quantitative estimate of drug-likeness (QED) is 0.777. The van der Waals surface area contributed by atoms with Gasteiger partial charge in [-0.3, -0.25) is 4.79 Å². The van der Waals surface area contributed by atoms with Crippen molar-refractivity contribution in [3.63, 3.8) is 0 Å². The second kappa shape index (κ2) is 7.07. The van der Waals surface area contributed by atoms with Gasteiger partial charge < -0.3 is 15.2 Å². The second-order valence-corrected chi connectivity index (χ2v) is 5.48. The minimum atomic E-state index is -1.33. The first-order chi connectivity index (χ1) is 11.4. The molecule has 1 atom stereocenters. The number of carboxylic acids is 1. The third-order valence-corrected chi connectivity index (χ3v) is 3.65. The van der Waals surface area contributed by atoms with Gasteiger partial charge in [-0.15, -0.1) is 5.10 Å². The lowest BCUT2D eigenvalue weighted by molar-refractivity contribution is -0.144. The van der Waals surface area contributed by atoms with E-state index in [0.29, 0.717) is 24.3 Å². The molecule has 1 amide bonds.